The van der Waals surface area contributed by atoms with Gasteiger partial charge in [-0.3, -0.25) is 4.79 Å². The topological polar surface area (TPSA) is 107 Å². The lowest BCUT2D eigenvalue weighted by Crippen LogP contribution is -2.40. The summed E-state index contributed by atoms with van der Waals surface area (Å²) in [6.07, 6.45) is 6.24. The Hall–Kier alpha value is -1.73. The normalized spacial score (nSPS) is 22.4. The highest BCUT2D eigenvalue weighted by Crippen LogP contribution is 2.57. The first-order valence-electron chi connectivity index (χ1n) is 9.15. The van der Waals surface area contributed by atoms with Crippen LogP contribution in [0.5, 0.6) is 0 Å². The quantitative estimate of drug-likeness (QED) is 0.588. The number of amides is 1. The first-order valence-corrected chi connectivity index (χ1v) is 9.15. The van der Waals surface area contributed by atoms with Gasteiger partial charge in [0.25, 0.3) is 0 Å². The molecule has 2 fully saturated rings. The second-order valence-corrected chi connectivity index (χ2v) is 7.54. The number of nitrogens with one attached hydrogen (secondary N) is 2. The summed E-state index contributed by atoms with van der Waals surface area (Å²) in [5.41, 5.74) is 1.21. The van der Waals surface area contributed by atoms with Gasteiger partial charge in [-0.05, 0) is 44.4 Å². The van der Waals surface area contributed by atoms with Crippen LogP contribution in [0.3, 0.4) is 0 Å². The molecule has 4 N–H and O–H groups in total. The largest absolute Gasteiger partial charge is 0.389 e. The molecule has 2 aliphatic rings. The highest BCUT2D eigenvalue weighted by atomic mass is 16.3. The molecule has 0 bridgehead atoms. The van der Waals surface area contributed by atoms with Crippen LogP contribution in [0, 0.1) is 18.3 Å². The van der Waals surface area contributed by atoms with Crippen molar-refractivity contribution < 1.29 is 15.0 Å². The fourth-order valence-corrected chi connectivity index (χ4v) is 3.75. The number of aliphatic hydroxyl groups is 2. The SMILES string of the molecule is Cc1cc(NCC(O)CNC(=O)C2CCCC3(CC3)C2)nc(CO)n1. The second-order valence-electron chi connectivity index (χ2n) is 7.54. The zero-order valence-corrected chi connectivity index (χ0v) is 14.8. The van der Waals surface area contributed by atoms with Gasteiger partial charge in [0.15, 0.2) is 5.82 Å². The van der Waals surface area contributed by atoms with Crippen molar-refractivity contribution in [3.05, 3.63) is 17.6 Å². The Bertz CT molecular complexity index is 618. The molecule has 1 heterocycles. The Morgan fingerprint density at radius 1 is 1.36 bits per heavy atom. The molecule has 1 spiro atoms. The van der Waals surface area contributed by atoms with E-state index in [9.17, 15) is 9.90 Å². The highest BCUT2D eigenvalue weighted by molar-refractivity contribution is 5.78. The number of carbonyl (C=O) groups excluding carboxylic acids is 1. The van der Waals surface area contributed by atoms with E-state index in [1.54, 1.807) is 6.07 Å². The fourth-order valence-electron chi connectivity index (χ4n) is 3.75. The molecule has 3 rings (SSSR count). The highest BCUT2D eigenvalue weighted by Gasteiger charge is 2.47. The van der Waals surface area contributed by atoms with Crippen LogP contribution >= 0.6 is 0 Å². The molecule has 1 aromatic heterocycles. The number of carbonyl (C=O) groups is 1. The number of aryl methyl sites for hydroxylation is 1. The van der Waals surface area contributed by atoms with Crippen LogP contribution in [0.2, 0.25) is 0 Å². The Balaban J connectivity index is 1.41. The molecule has 0 saturated heterocycles. The standard InChI is InChI=1S/C18H28N4O3/c1-12-7-15(22-16(11-23)21-12)19-9-14(24)10-20-17(25)13-3-2-4-18(8-13)5-6-18/h7,13-14,23-24H,2-6,8-11H2,1H3,(H,20,25)(H,19,21,22). The summed E-state index contributed by atoms with van der Waals surface area (Å²) in [4.78, 5) is 20.6. The van der Waals surface area contributed by atoms with Crippen LogP contribution in [-0.4, -0.2) is 45.3 Å². The minimum absolute atomic E-state index is 0.0745. The van der Waals surface area contributed by atoms with Crippen molar-refractivity contribution in [1.82, 2.24) is 15.3 Å². The van der Waals surface area contributed by atoms with Crippen molar-refractivity contribution >= 4 is 11.7 Å². The summed E-state index contributed by atoms with van der Waals surface area (Å²) in [6, 6.07) is 1.75. The monoisotopic (exact) mass is 348 g/mol. The molecule has 2 unspecified atom stereocenters. The average molecular weight is 348 g/mol. The van der Waals surface area contributed by atoms with E-state index in [1.807, 2.05) is 6.92 Å². The number of aliphatic hydroxyl groups excluding tert-OH is 2. The van der Waals surface area contributed by atoms with Crippen molar-refractivity contribution in [1.29, 1.82) is 0 Å². The molecule has 0 aromatic carbocycles. The van der Waals surface area contributed by atoms with Crippen molar-refractivity contribution in [2.75, 3.05) is 18.4 Å². The van der Waals surface area contributed by atoms with Gasteiger partial charge < -0.3 is 20.8 Å². The van der Waals surface area contributed by atoms with Crippen molar-refractivity contribution in [3.8, 4) is 0 Å². The predicted octanol–water partition coefficient (Wildman–Crippen LogP) is 1.14. The molecule has 25 heavy (non-hydrogen) atoms. The first-order chi connectivity index (χ1) is 12.0. The summed E-state index contributed by atoms with van der Waals surface area (Å²) in [5, 5.41) is 25.1. The van der Waals surface area contributed by atoms with Crippen LogP contribution in [0.15, 0.2) is 6.07 Å². The molecule has 2 atom stereocenters. The van der Waals surface area contributed by atoms with Gasteiger partial charge in [-0.15, -0.1) is 0 Å². The Kier molecular flexibility index (Phi) is 5.54. The molecule has 7 nitrogen and oxygen atoms in total. The van der Waals surface area contributed by atoms with E-state index in [4.69, 9.17) is 5.11 Å². The number of hydrogen-bond acceptors (Lipinski definition) is 6. The lowest BCUT2D eigenvalue weighted by atomic mass is 9.78. The fraction of sp³-hybridized carbons (Fsp3) is 0.722. The van der Waals surface area contributed by atoms with Gasteiger partial charge >= 0.3 is 0 Å². The maximum atomic E-state index is 12.3. The third kappa shape index (κ3) is 4.89. The van der Waals surface area contributed by atoms with E-state index in [0.717, 1.165) is 25.0 Å². The van der Waals surface area contributed by atoms with Gasteiger partial charge in [0.1, 0.15) is 12.4 Å². The minimum atomic E-state index is -0.699. The average Bonchev–Trinajstić information content (AvgIpc) is 3.35. The molecule has 2 saturated carbocycles. The second kappa shape index (κ2) is 7.66. The van der Waals surface area contributed by atoms with E-state index in [2.05, 4.69) is 20.6 Å². The summed E-state index contributed by atoms with van der Waals surface area (Å²) >= 11 is 0. The maximum absolute atomic E-state index is 12.3. The van der Waals surface area contributed by atoms with E-state index in [0.29, 0.717) is 17.1 Å². The molecular weight excluding hydrogens is 320 g/mol. The Morgan fingerprint density at radius 3 is 2.88 bits per heavy atom. The molecule has 0 aliphatic heterocycles. The van der Waals surface area contributed by atoms with Crippen molar-refractivity contribution in [2.45, 2.75) is 58.2 Å². The van der Waals surface area contributed by atoms with Crippen molar-refractivity contribution in [3.63, 3.8) is 0 Å². The molecule has 138 valence electrons. The third-order valence-electron chi connectivity index (χ3n) is 5.34. The predicted molar refractivity (Wildman–Crippen MR) is 93.8 cm³/mol. The lowest BCUT2D eigenvalue weighted by molar-refractivity contribution is -0.127. The number of anilines is 1. The van der Waals surface area contributed by atoms with E-state index in [-0.39, 0.29) is 31.5 Å². The summed E-state index contributed by atoms with van der Waals surface area (Å²) in [7, 11) is 0. The molecule has 2 aliphatic carbocycles. The first kappa shape index (κ1) is 18.1. The van der Waals surface area contributed by atoms with Gasteiger partial charge in [-0.25, -0.2) is 9.97 Å². The number of rotatable bonds is 7. The van der Waals surface area contributed by atoms with Gasteiger partial charge in [0, 0.05) is 30.8 Å². The maximum Gasteiger partial charge on any atom is 0.223 e. The van der Waals surface area contributed by atoms with Gasteiger partial charge in [-0.2, -0.15) is 0 Å². The van der Waals surface area contributed by atoms with Crippen LogP contribution in [0.4, 0.5) is 5.82 Å². The molecule has 1 aromatic rings. The minimum Gasteiger partial charge on any atom is -0.389 e. The summed E-state index contributed by atoms with van der Waals surface area (Å²) in [5.74, 6) is 1.08. The van der Waals surface area contributed by atoms with Gasteiger partial charge in [-0.1, -0.05) is 6.42 Å². The van der Waals surface area contributed by atoms with E-state index in [1.165, 1.54) is 19.3 Å². The van der Waals surface area contributed by atoms with Crippen LogP contribution < -0.4 is 10.6 Å². The Labute approximate surface area is 148 Å². The third-order valence-corrected chi connectivity index (χ3v) is 5.34. The zero-order valence-electron chi connectivity index (χ0n) is 14.8. The number of aromatic nitrogens is 2. The Morgan fingerprint density at radius 2 is 2.16 bits per heavy atom. The lowest BCUT2D eigenvalue weighted by Gasteiger charge is -2.28. The molecule has 7 heteroatoms. The van der Waals surface area contributed by atoms with Crippen LogP contribution in [0.25, 0.3) is 0 Å². The summed E-state index contributed by atoms with van der Waals surface area (Å²) in [6.45, 7) is 2.10. The number of nitrogens with zero attached hydrogens (tertiary/aromatic N) is 2. The number of hydrogen-bond donors (Lipinski definition) is 4. The van der Waals surface area contributed by atoms with E-state index >= 15 is 0 Å². The van der Waals surface area contributed by atoms with Gasteiger partial charge in [0.2, 0.25) is 5.91 Å². The van der Waals surface area contributed by atoms with Gasteiger partial charge in [0.05, 0.1) is 6.10 Å². The molecule has 0 radical (unpaired) electrons. The molecule has 1 amide bonds. The van der Waals surface area contributed by atoms with Crippen LogP contribution in [0.1, 0.15) is 50.0 Å². The molecular formula is C18H28N4O3. The van der Waals surface area contributed by atoms with Crippen molar-refractivity contribution in [2.24, 2.45) is 11.3 Å². The zero-order chi connectivity index (χ0) is 17.9. The van der Waals surface area contributed by atoms with E-state index < -0.39 is 6.10 Å². The van der Waals surface area contributed by atoms with Crippen LogP contribution in [-0.2, 0) is 11.4 Å². The summed E-state index contributed by atoms with van der Waals surface area (Å²) < 4.78 is 0. The smallest absolute Gasteiger partial charge is 0.223 e.